The molecule has 0 aromatic heterocycles. The summed E-state index contributed by atoms with van der Waals surface area (Å²) in [5.74, 6) is 0.861. The van der Waals surface area contributed by atoms with Crippen molar-refractivity contribution >= 4 is 5.69 Å². The van der Waals surface area contributed by atoms with Crippen molar-refractivity contribution in [2.45, 2.75) is 6.54 Å². The van der Waals surface area contributed by atoms with Crippen LogP contribution in [0.25, 0.3) is 0 Å². The first-order valence-corrected chi connectivity index (χ1v) is 6.39. The van der Waals surface area contributed by atoms with Crippen LogP contribution in [0.2, 0.25) is 0 Å². The normalized spacial score (nSPS) is 9.76. The standard InChI is InChI=1S/C16H15FN2O2/c1-20-13-5-6-15(17)16(10-13)19-11-12-3-2-4-14(9-12)21-8-7-18/h2-6,9-10,19H,8,11H2,1H3. The van der Waals surface area contributed by atoms with Crippen molar-refractivity contribution in [1.29, 1.82) is 5.26 Å². The van der Waals surface area contributed by atoms with Gasteiger partial charge in [0.05, 0.1) is 12.8 Å². The van der Waals surface area contributed by atoms with Crippen LogP contribution >= 0.6 is 0 Å². The number of anilines is 1. The smallest absolute Gasteiger partial charge is 0.174 e. The third-order valence-corrected chi connectivity index (χ3v) is 2.86. The van der Waals surface area contributed by atoms with Crippen LogP contribution in [0.4, 0.5) is 10.1 Å². The molecule has 0 bridgehead atoms. The van der Waals surface area contributed by atoms with E-state index in [1.54, 1.807) is 18.2 Å². The second-order valence-corrected chi connectivity index (χ2v) is 4.29. The molecule has 0 radical (unpaired) electrons. The summed E-state index contributed by atoms with van der Waals surface area (Å²) in [7, 11) is 1.53. The average Bonchev–Trinajstić information content (AvgIpc) is 2.52. The molecule has 1 N–H and O–H groups in total. The second-order valence-electron chi connectivity index (χ2n) is 4.29. The lowest BCUT2D eigenvalue weighted by Gasteiger charge is -2.10. The molecule has 0 atom stereocenters. The van der Waals surface area contributed by atoms with E-state index in [-0.39, 0.29) is 12.4 Å². The van der Waals surface area contributed by atoms with Gasteiger partial charge in [-0.3, -0.25) is 0 Å². The molecule has 108 valence electrons. The van der Waals surface area contributed by atoms with Gasteiger partial charge in [-0.2, -0.15) is 5.26 Å². The van der Waals surface area contributed by atoms with Crippen molar-refractivity contribution in [1.82, 2.24) is 0 Å². The first-order chi connectivity index (χ1) is 10.2. The lowest BCUT2D eigenvalue weighted by atomic mass is 10.2. The Labute approximate surface area is 122 Å². The van der Waals surface area contributed by atoms with E-state index in [1.165, 1.54) is 13.2 Å². The Hall–Kier alpha value is -2.74. The highest BCUT2D eigenvalue weighted by molar-refractivity contribution is 5.50. The molecule has 2 aromatic rings. The molecule has 4 nitrogen and oxygen atoms in total. The predicted octanol–water partition coefficient (Wildman–Crippen LogP) is 3.35. The molecule has 2 rings (SSSR count). The molecule has 0 spiro atoms. The molecular formula is C16H15FN2O2. The third-order valence-electron chi connectivity index (χ3n) is 2.86. The van der Waals surface area contributed by atoms with Gasteiger partial charge in [0.25, 0.3) is 0 Å². The highest BCUT2D eigenvalue weighted by atomic mass is 19.1. The summed E-state index contributed by atoms with van der Waals surface area (Å²) in [6.45, 7) is 0.440. The quantitative estimate of drug-likeness (QED) is 0.884. The van der Waals surface area contributed by atoms with Gasteiger partial charge in [0.2, 0.25) is 0 Å². The van der Waals surface area contributed by atoms with Crippen LogP contribution in [0.5, 0.6) is 11.5 Å². The van der Waals surface area contributed by atoms with E-state index in [4.69, 9.17) is 14.7 Å². The minimum absolute atomic E-state index is 0.00138. The van der Waals surface area contributed by atoms with Gasteiger partial charge in [-0.1, -0.05) is 12.1 Å². The Morgan fingerprint density at radius 2 is 2.05 bits per heavy atom. The Balaban J connectivity index is 2.04. The van der Waals surface area contributed by atoms with E-state index in [1.807, 2.05) is 24.3 Å². The van der Waals surface area contributed by atoms with Crippen LogP contribution in [0.3, 0.4) is 0 Å². The Kier molecular flexibility index (Phi) is 4.99. The lowest BCUT2D eigenvalue weighted by Crippen LogP contribution is -2.02. The van der Waals surface area contributed by atoms with Gasteiger partial charge in [0.1, 0.15) is 23.4 Å². The maximum Gasteiger partial charge on any atom is 0.174 e. The van der Waals surface area contributed by atoms with Gasteiger partial charge in [-0.15, -0.1) is 0 Å². The summed E-state index contributed by atoms with van der Waals surface area (Å²) in [5.41, 5.74) is 1.30. The number of rotatable bonds is 6. The third kappa shape index (κ3) is 4.11. The summed E-state index contributed by atoms with van der Waals surface area (Å²) in [4.78, 5) is 0. The number of hydrogen-bond acceptors (Lipinski definition) is 4. The summed E-state index contributed by atoms with van der Waals surface area (Å²) < 4.78 is 24.0. The molecule has 0 saturated heterocycles. The maximum atomic E-state index is 13.7. The first kappa shape index (κ1) is 14.7. The number of hydrogen-bond donors (Lipinski definition) is 1. The summed E-state index contributed by atoms with van der Waals surface area (Å²) in [6.07, 6.45) is 0. The summed E-state index contributed by atoms with van der Waals surface area (Å²) in [5, 5.41) is 11.5. The molecule has 0 fully saturated rings. The molecular weight excluding hydrogens is 271 g/mol. The van der Waals surface area contributed by atoms with Gasteiger partial charge in [-0.25, -0.2) is 4.39 Å². The zero-order chi connectivity index (χ0) is 15.1. The van der Waals surface area contributed by atoms with E-state index in [0.29, 0.717) is 23.7 Å². The fraction of sp³-hybridized carbons (Fsp3) is 0.188. The fourth-order valence-electron chi connectivity index (χ4n) is 1.82. The largest absolute Gasteiger partial charge is 0.497 e. The van der Waals surface area contributed by atoms with E-state index in [2.05, 4.69) is 5.32 Å². The monoisotopic (exact) mass is 286 g/mol. The molecule has 5 heteroatoms. The first-order valence-electron chi connectivity index (χ1n) is 6.39. The molecule has 0 heterocycles. The van der Waals surface area contributed by atoms with Crippen LogP contribution in [-0.2, 0) is 6.54 Å². The van der Waals surface area contributed by atoms with Crippen molar-refractivity contribution in [2.24, 2.45) is 0 Å². The number of nitrogens with one attached hydrogen (secondary N) is 1. The number of halogens is 1. The SMILES string of the molecule is COc1ccc(F)c(NCc2cccc(OCC#N)c2)c1. The molecule has 0 amide bonds. The van der Waals surface area contributed by atoms with E-state index in [9.17, 15) is 4.39 Å². The van der Waals surface area contributed by atoms with E-state index in [0.717, 1.165) is 5.56 Å². The van der Waals surface area contributed by atoms with Gasteiger partial charge >= 0.3 is 0 Å². The summed E-state index contributed by atoms with van der Waals surface area (Å²) >= 11 is 0. The topological polar surface area (TPSA) is 54.3 Å². The minimum Gasteiger partial charge on any atom is -0.497 e. The molecule has 0 aliphatic carbocycles. The molecule has 0 unspecified atom stereocenters. The second kappa shape index (κ2) is 7.15. The fourth-order valence-corrected chi connectivity index (χ4v) is 1.82. The zero-order valence-electron chi connectivity index (χ0n) is 11.6. The van der Waals surface area contributed by atoms with Gasteiger partial charge < -0.3 is 14.8 Å². The average molecular weight is 286 g/mol. The number of ether oxygens (including phenoxy) is 2. The highest BCUT2D eigenvalue weighted by Gasteiger charge is 2.04. The predicted molar refractivity (Wildman–Crippen MR) is 77.8 cm³/mol. The van der Waals surface area contributed by atoms with Gasteiger partial charge in [0, 0.05) is 12.6 Å². The molecule has 0 aliphatic heterocycles. The van der Waals surface area contributed by atoms with Gasteiger partial charge in [-0.05, 0) is 29.8 Å². The van der Waals surface area contributed by atoms with E-state index >= 15 is 0 Å². The Bertz CT molecular complexity index is 653. The highest BCUT2D eigenvalue weighted by Crippen LogP contribution is 2.22. The molecule has 2 aromatic carbocycles. The van der Waals surface area contributed by atoms with Crippen molar-refractivity contribution < 1.29 is 13.9 Å². The van der Waals surface area contributed by atoms with Crippen LogP contribution in [0.1, 0.15) is 5.56 Å². The van der Waals surface area contributed by atoms with Crippen molar-refractivity contribution in [3.05, 3.63) is 53.8 Å². The van der Waals surface area contributed by atoms with Crippen LogP contribution in [-0.4, -0.2) is 13.7 Å². The van der Waals surface area contributed by atoms with Crippen molar-refractivity contribution in [3.8, 4) is 17.6 Å². The summed E-state index contributed by atoms with van der Waals surface area (Å²) in [6, 6.07) is 13.7. The number of nitrogens with zero attached hydrogens (tertiary/aromatic N) is 1. The maximum absolute atomic E-state index is 13.7. The zero-order valence-corrected chi connectivity index (χ0v) is 11.6. The van der Waals surface area contributed by atoms with E-state index < -0.39 is 0 Å². The Morgan fingerprint density at radius 1 is 1.19 bits per heavy atom. The number of nitriles is 1. The van der Waals surface area contributed by atoms with Gasteiger partial charge in [0.15, 0.2) is 6.61 Å². The minimum atomic E-state index is -0.340. The van der Waals surface area contributed by atoms with Crippen LogP contribution in [0.15, 0.2) is 42.5 Å². The van der Waals surface area contributed by atoms with Crippen molar-refractivity contribution in [3.63, 3.8) is 0 Å². The molecule has 21 heavy (non-hydrogen) atoms. The number of benzene rings is 2. The van der Waals surface area contributed by atoms with Crippen molar-refractivity contribution in [2.75, 3.05) is 19.0 Å². The molecule has 0 aliphatic rings. The lowest BCUT2D eigenvalue weighted by molar-refractivity contribution is 0.368. The van der Waals surface area contributed by atoms with Crippen LogP contribution < -0.4 is 14.8 Å². The number of methoxy groups -OCH3 is 1. The Morgan fingerprint density at radius 3 is 2.81 bits per heavy atom. The van der Waals surface area contributed by atoms with Crippen LogP contribution in [0, 0.1) is 17.1 Å². The molecule has 0 saturated carbocycles.